The lowest BCUT2D eigenvalue weighted by Gasteiger charge is -2.10. The summed E-state index contributed by atoms with van der Waals surface area (Å²) in [4.78, 5) is 4.54. The zero-order valence-corrected chi connectivity index (χ0v) is 10.2. The van der Waals surface area contributed by atoms with E-state index in [9.17, 15) is 9.50 Å². The predicted molar refractivity (Wildman–Crippen MR) is 63.3 cm³/mol. The van der Waals surface area contributed by atoms with Gasteiger partial charge in [0.05, 0.1) is 11.0 Å². The molecule has 0 amide bonds. The molecule has 1 unspecified atom stereocenters. The molecule has 1 N–H and O–H groups in total. The summed E-state index contributed by atoms with van der Waals surface area (Å²) in [7, 11) is 0. The van der Waals surface area contributed by atoms with Crippen molar-refractivity contribution >= 4 is 23.1 Å². The van der Waals surface area contributed by atoms with Crippen LogP contribution in [-0.4, -0.2) is 10.1 Å². The first kappa shape index (κ1) is 11.6. The summed E-state index contributed by atoms with van der Waals surface area (Å²) in [6.45, 7) is 1.63. The number of aliphatic hydroxyl groups excluding tert-OH is 1. The van der Waals surface area contributed by atoms with Crippen LogP contribution in [0, 0.1) is 5.82 Å². The van der Waals surface area contributed by atoms with Crippen molar-refractivity contribution in [1.82, 2.24) is 4.98 Å². The summed E-state index contributed by atoms with van der Waals surface area (Å²) in [5, 5.41) is 11.4. The van der Waals surface area contributed by atoms with E-state index in [0.717, 1.165) is 4.34 Å². The molecule has 2 aromatic rings. The van der Waals surface area contributed by atoms with Crippen molar-refractivity contribution < 1.29 is 9.50 Å². The Morgan fingerprint density at radius 2 is 2.31 bits per heavy atom. The molecule has 1 aromatic carbocycles. The average molecular weight is 255 g/mol. The summed E-state index contributed by atoms with van der Waals surface area (Å²) in [6.07, 6.45) is 0.994. The molecular formula is C11H10FNOS2. The normalized spacial score (nSPS) is 12.7. The standard InChI is InChI=1S/C11H10FNOS2/c1-7(14)8-3-2-4-9(12)10(8)16-11-13-5-6-15-11/h2-7,14H,1H3. The van der Waals surface area contributed by atoms with Crippen molar-refractivity contribution in [2.75, 3.05) is 0 Å². The average Bonchev–Trinajstić information content (AvgIpc) is 2.73. The Hall–Kier alpha value is -0.910. The minimum absolute atomic E-state index is 0.321. The lowest BCUT2D eigenvalue weighted by atomic mass is 10.1. The topological polar surface area (TPSA) is 33.1 Å². The molecule has 0 fully saturated rings. The maximum absolute atomic E-state index is 13.6. The summed E-state index contributed by atoms with van der Waals surface area (Å²) >= 11 is 2.70. The summed E-state index contributed by atoms with van der Waals surface area (Å²) in [5.74, 6) is -0.321. The zero-order valence-electron chi connectivity index (χ0n) is 8.55. The Balaban J connectivity index is 2.38. The first-order valence-corrected chi connectivity index (χ1v) is 6.42. The molecule has 0 radical (unpaired) electrons. The summed E-state index contributed by atoms with van der Waals surface area (Å²) < 4.78 is 14.4. The molecule has 0 aliphatic rings. The molecule has 0 spiro atoms. The van der Waals surface area contributed by atoms with E-state index >= 15 is 0 Å². The van der Waals surface area contributed by atoms with Crippen molar-refractivity contribution in [3.05, 3.63) is 41.2 Å². The van der Waals surface area contributed by atoms with E-state index in [1.165, 1.54) is 29.2 Å². The predicted octanol–water partition coefficient (Wildman–Crippen LogP) is 3.49. The van der Waals surface area contributed by atoms with Crippen LogP contribution >= 0.6 is 23.1 Å². The van der Waals surface area contributed by atoms with Gasteiger partial charge in [-0.1, -0.05) is 23.9 Å². The van der Waals surface area contributed by atoms with E-state index in [0.29, 0.717) is 10.5 Å². The Kier molecular flexibility index (Phi) is 3.58. The van der Waals surface area contributed by atoms with Gasteiger partial charge in [-0.15, -0.1) is 11.3 Å². The number of aromatic nitrogens is 1. The van der Waals surface area contributed by atoms with Crippen LogP contribution in [0.2, 0.25) is 0 Å². The zero-order chi connectivity index (χ0) is 11.5. The molecule has 1 atom stereocenters. The number of aliphatic hydroxyl groups is 1. The van der Waals surface area contributed by atoms with Crippen LogP contribution in [0.5, 0.6) is 0 Å². The number of benzene rings is 1. The molecule has 0 saturated carbocycles. The molecule has 2 rings (SSSR count). The molecule has 0 aliphatic heterocycles. The number of hydrogen-bond donors (Lipinski definition) is 1. The fourth-order valence-corrected chi connectivity index (χ4v) is 3.09. The first-order valence-electron chi connectivity index (χ1n) is 4.72. The Labute approximate surface area is 101 Å². The van der Waals surface area contributed by atoms with Crippen LogP contribution in [0.25, 0.3) is 0 Å². The van der Waals surface area contributed by atoms with Gasteiger partial charge in [0, 0.05) is 11.6 Å². The second-order valence-electron chi connectivity index (χ2n) is 3.23. The van der Waals surface area contributed by atoms with E-state index in [2.05, 4.69) is 4.98 Å². The molecule has 5 heteroatoms. The van der Waals surface area contributed by atoms with Gasteiger partial charge in [-0.05, 0) is 18.6 Å². The van der Waals surface area contributed by atoms with Gasteiger partial charge in [0.25, 0.3) is 0 Å². The Bertz CT molecular complexity index is 471. The van der Waals surface area contributed by atoms with Gasteiger partial charge >= 0.3 is 0 Å². The van der Waals surface area contributed by atoms with Gasteiger partial charge in [-0.2, -0.15) is 0 Å². The molecule has 0 bridgehead atoms. The van der Waals surface area contributed by atoms with Gasteiger partial charge in [0.1, 0.15) is 5.82 Å². The molecule has 0 aliphatic carbocycles. The maximum atomic E-state index is 13.6. The monoisotopic (exact) mass is 255 g/mol. The third-order valence-electron chi connectivity index (χ3n) is 2.05. The SMILES string of the molecule is CC(O)c1cccc(F)c1Sc1nccs1. The van der Waals surface area contributed by atoms with Gasteiger partial charge < -0.3 is 5.11 Å². The largest absolute Gasteiger partial charge is 0.389 e. The lowest BCUT2D eigenvalue weighted by Crippen LogP contribution is -1.96. The van der Waals surface area contributed by atoms with Crippen molar-refractivity contribution in [2.45, 2.75) is 22.3 Å². The van der Waals surface area contributed by atoms with E-state index in [4.69, 9.17) is 0 Å². The van der Waals surface area contributed by atoms with Crippen LogP contribution in [-0.2, 0) is 0 Å². The van der Waals surface area contributed by atoms with Gasteiger partial charge in [0.15, 0.2) is 4.34 Å². The first-order chi connectivity index (χ1) is 7.68. The van der Waals surface area contributed by atoms with Gasteiger partial charge in [-0.25, -0.2) is 9.37 Å². The maximum Gasteiger partial charge on any atom is 0.154 e. The van der Waals surface area contributed by atoms with E-state index < -0.39 is 6.10 Å². The quantitative estimate of drug-likeness (QED) is 0.911. The third-order valence-corrected chi connectivity index (χ3v) is 4.06. The van der Waals surface area contributed by atoms with Crippen LogP contribution in [0.15, 0.2) is 39.0 Å². The number of rotatable bonds is 3. The fraction of sp³-hybridized carbons (Fsp3) is 0.182. The Morgan fingerprint density at radius 1 is 1.50 bits per heavy atom. The highest BCUT2D eigenvalue weighted by Gasteiger charge is 2.14. The van der Waals surface area contributed by atoms with Crippen LogP contribution in [0.4, 0.5) is 4.39 Å². The van der Waals surface area contributed by atoms with Crippen LogP contribution in [0.1, 0.15) is 18.6 Å². The van der Waals surface area contributed by atoms with Crippen LogP contribution in [0.3, 0.4) is 0 Å². The van der Waals surface area contributed by atoms with Crippen molar-refractivity contribution in [3.63, 3.8) is 0 Å². The van der Waals surface area contributed by atoms with Crippen molar-refractivity contribution in [1.29, 1.82) is 0 Å². The van der Waals surface area contributed by atoms with E-state index in [1.807, 2.05) is 5.38 Å². The molecule has 2 nitrogen and oxygen atoms in total. The highest BCUT2D eigenvalue weighted by atomic mass is 32.2. The molecule has 1 aromatic heterocycles. The molecule has 0 saturated heterocycles. The minimum atomic E-state index is -0.682. The Morgan fingerprint density at radius 3 is 2.94 bits per heavy atom. The lowest BCUT2D eigenvalue weighted by molar-refractivity contribution is 0.195. The van der Waals surface area contributed by atoms with Crippen molar-refractivity contribution in [2.24, 2.45) is 0 Å². The second-order valence-corrected chi connectivity index (χ2v) is 5.39. The highest BCUT2D eigenvalue weighted by Crippen LogP contribution is 2.36. The summed E-state index contributed by atoms with van der Waals surface area (Å²) in [5.41, 5.74) is 0.597. The fourth-order valence-electron chi connectivity index (χ4n) is 1.31. The molecule has 84 valence electrons. The number of thiazole rings is 1. The van der Waals surface area contributed by atoms with E-state index in [1.54, 1.807) is 25.3 Å². The number of nitrogens with zero attached hydrogens (tertiary/aromatic N) is 1. The minimum Gasteiger partial charge on any atom is -0.389 e. The second kappa shape index (κ2) is 4.95. The smallest absolute Gasteiger partial charge is 0.154 e. The van der Waals surface area contributed by atoms with Gasteiger partial charge in [-0.3, -0.25) is 0 Å². The molecular weight excluding hydrogens is 245 g/mol. The molecule has 1 heterocycles. The van der Waals surface area contributed by atoms with Crippen molar-refractivity contribution in [3.8, 4) is 0 Å². The summed E-state index contributed by atoms with van der Waals surface area (Å²) in [6, 6.07) is 4.72. The third kappa shape index (κ3) is 2.42. The highest BCUT2D eigenvalue weighted by molar-refractivity contribution is 8.01. The van der Waals surface area contributed by atoms with E-state index in [-0.39, 0.29) is 5.82 Å². The number of halogens is 1. The van der Waals surface area contributed by atoms with Crippen LogP contribution < -0.4 is 0 Å². The molecule has 16 heavy (non-hydrogen) atoms. The van der Waals surface area contributed by atoms with Gasteiger partial charge in [0.2, 0.25) is 0 Å². The number of hydrogen-bond acceptors (Lipinski definition) is 4.